The molecule has 0 heterocycles. The zero-order valence-corrected chi connectivity index (χ0v) is 16.2. The zero-order valence-electron chi connectivity index (χ0n) is 14.7. The summed E-state index contributed by atoms with van der Waals surface area (Å²) in [7, 11) is -2.48. The van der Waals surface area contributed by atoms with Gasteiger partial charge in [-0.25, -0.2) is 17.9 Å². The van der Waals surface area contributed by atoms with Crippen LogP contribution in [0.25, 0.3) is 0 Å². The third kappa shape index (κ3) is 4.97. The Bertz CT molecular complexity index is 896. The van der Waals surface area contributed by atoms with Crippen molar-refractivity contribution in [2.45, 2.75) is 31.4 Å². The molecule has 0 unspecified atom stereocenters. The molecule has 0 spiro atoms. The Balaban J connectivity index is 2.26. The molecule has 26 heavy (non-hydrogen) atoms. The smallest absolute Gasteiger partial charge is 0.338 e. The number of methoxy groups -OCH3 is 1. The Kier molecular flexibility index (Phi) is 6.63. The highest BCUT2D eigenvalue weighted by atomic mass is 35.5. The van der Waals surface area contributed by atoms with Crippen molar-refractivity contribution in [3.63, 3.8) is 0 Å². The van der Waals surface area contributed by atoms with Crippen LogP contribution in [0.2, 0.25) is 5.02 Å². The van der Waals surface area contributed by atoms with Crippen molar-refractivity contribution in [2.75, 3.05) is 7.11 Å². The van der Waals surface area contributed by atoms with E-state index in [0.717, 1.165) is 0 Å². The number of hydrogen-bond donors (Lipinski definition) is 1. The Morgan fingerprint density at radius 2 is 1.88 bits per heavy atom. The van der Waals surface area contributed by atoms with Gasteiger partial charge < -0.3 is 9.47 Å². The summed E-state index contributed by atoms with van der Waals surface area (Å²) in [4.78, 5) is 12.2. The number of sulfonamides is 1. The van der Waals surface area contributed by atoms with E-state index < -0.39 is 16.0 Å². The molecular weight excluding hydrogens is 378 g/mol. The second-order valence-corrected chi connectivity index (χ2v) is 7.90. The van der Waals surface area contributed by atoms with Crippen LogP contribution in [-0.4, -0.2) is 27.5 Å². The Hall–Kier alpha value is -2.09. The second-order valence-electron chi connectivity index (χ2n) is 5.81. The summed E-state index contributed by atoms with van der Waals surface area (Å²) in [6.07, 6.45) is 0. The SMILES string of the molecule is COc1ccc(C(=O)OCc2ccccc2Cl)cc1S(=O)(=O)NC(C)C. The average Bonchev–Trinajstić information content (AvgIpc) is 2.59. The zero-order chi connectivity index (χ0) is 19.3. The van der Waals surface area contributed by atoms with Crippen molar-refractivity contribution >= 4 is 27.6 Å². The number of carbonyl (C=O) groups excluding carboxylic acids is 1. The fraction of sp³-hybridized carbons (Fsp3) is 0.278. The first-order chi connectivity index (χ1) is 12.2. The molecule has 0 atom stereocenters. The first-order valence-corrected chi connectivity index (χ1v) is 9.71. The lowest BCUT2D eigenvalue weighted by molar-refractivity contribution is 0.0472. The average molecular weight is 398 g/mol. The van der Waals surface area contributed by atoms with Crippen LogP contribution in [0, 0.1) is 0 Å². The number of esters is 1. The molecule has 2 aromatic carbocycles. The number of nitrogens with one attached hydrogen (secondary N) is 1. The van der Waals surface area contributed by atoms with E-state index in [1.54, 1.807) is 38.1 Å². The van der Waals surface area contributed by atoms with Crippen molar-refractivity contribution in [2.24, 2.45) is 0 Å². The van der Waals surface area contributed by atoms with Gasteiger partial charge in [-0.15, -0.1) is 0 Å². The summed E-state index contributed by atoms with van der Waals surface area (Å²) >= 11 is 6.03. The minimum Gasteiger partial charge on any atom is -0.495 e. The van der Waals surface area contributed by atoms with E-state index in [0.29, 0.717) is 10.6 Å². The third-order valence-corrected chi connectivity index (χ3v) is 5.44. The van der Waals surface area contributed by atoms with Gasteiger partial charge >= 0.3 is 5.97 Å². The maximum atomic E-state index is 12.5. The van der Waals surface area contributed by atoms with Crippen LogP contribution in [-0.2, 0) is 21.4 Å². The molecule has 0 aliphatic heterocycles. The summed E-state index contributed by atoms with van der Waals surface area (Å²) in [5, 5.41) is 0.486. The number of benzene rings is 2. The highest BCUT2D eigenvalue weighted by molar-refractivity contribution is 7.89. The minimum atomic E-state index is -3.84. The topological polar surface area (TPSA) is 81.7 Å². The van der Waals surface area contributed by atoms with Crippen molar-refractivity contribution in [3.05, 3.63) is 58.6 Å². The Labute approximate surface area is 158 Å². The minimum absolute atomic E-state index is 0.0170. The number of carbonyl (C=O) groups is 1. The number of rotatable bonds is 7. The van der Waals surface area contributed by atoms with Crippen LogP contribution >= 0.6 is 11.6 Å². The van der Waals surface area contributed by atoms with Crippen LogP contribution in [0.4, 0.5) is 0 Å². The lowest BCUT2D eigenvalue weighted by atomic mass is 10.2. The normalized spacial score (nSPS) is 11.4. The van der Waals surface area contributed by atoms with E-state index in [9.17, 15) is 13.2 Å². The molecule has 0 aromatic heterocycles. The fourth-order valence-electron chi connectivity index (χ4n) is 2.23. The lowest BCUT2D eigenvalue weighted by Crippen LogP contribution is -2.30. The van der Waals surface area contributed by atoms with Gasteiger partial charge in [-0.3, -0.25) is 0 Å². The van der Waals surface area contributed by atoms with Crippen LogP contribution < -0.4 is 9.46 Å². The van der Waals surface area contributed by atoms with Gasteiger partial charge in [0, 0.05) is 16.6 Å². The first-order valence-electron chi connectivity index (χ1n) is 7.85. The van der Waals surface area contributed by atoms with E-state index in [4.69, 9.17) is 21.1 Å². The molecule has 0 saturated carbocycles. The Morgan fingerprint density at radius 3 is 2.50 bits per heavy atom. The molecule has 1 N–H and O–H groups in total. The van der Waals surface area contributed by atoms with E-state index in [1.165, 1.54) is 25.3 Å². The molecule has 0 radical (unpaired) electrons. The predicted molar refractivity (Wildman–Crippen MR) is 99.0 cm³/mol. The van der Waals surface area contributed by atoms with Crippen molar-refractivity contribution < 1.29 is 22.7 Å². The summed E-state index contributed by atoms with van der Waals surface area (Å²) in [5.41, 5.74) is 0.757. The lowest BCUT2D eigenvalue weighted by Gasteiger charge is -2.14. The van der Waals surface area contributed by atoms with Gasteiger partial charge in [0.05, 0.1) is 12.7 Å². The van der Waals surface area contributed by atoms with Crippen LogP contribution in [0.1, 0.15) is 29.8 Å². The highest BCUT2D eigenvalue weighted by Gasteiger charge is 2.23. The number of hydrogen-bond acceptors (Lipinski definition) is 5. The molecule has 140 valence electrons. The molecule has 0 fully saturated rings. The molecule has 8 heteroatoms. The number of ether oxygens (including phenoxy) is 2. The van der Waals surface area contributed by atoms with Crippen molar-refractivity contribution in [1.29, 1.82) is 0 Å². The largest absolute Gasteiger partial charge is 0.495 e. The van der Waals surface area contributed by atoms with E-state index in [1.807, 2.05) is 0 Å². The van der Waals surface area contributed by atoms with E-state index in [2.05, 4.69) is 4.72 Å². The molecule has 0 amide bonds. The van der Waals surface area contributed by atoms with Crippen LogP contribution in [0.15, 0.2) is 47.4 Å². The summed E-state index contributed by atoms with van der Waals surface area (Å²) < 4.78 is 37.7. The molecule has 6 nitrogen and oxygen atoms in total. The van der Waals surface area contributed by atoms with Gasteiger partial charge in [-0.05, 0) is 38.1 Å². The molecule has 0 aliphatic rings. The van der Waals surface area contributed by atoms with Gasteiger partial charge in [0.1, 0.15) is 17.3 Å². The van der Waals surface area contributed by atoms with Gasteiger partial charge in [0.15, 0.2) is 0 Å². The standard InChI is InChI=1S/C18H20ClNO5S/c1-12(2)20-26(22,23)17-10-13(8-9-16(17)24-3)18(21)25-11-14-6-4-5-7-15(14)19/h4-10,12,20H,11H2,1-3H3. The molecule has 0 bridgehead atoms. The maximum absolute atomic E-state index is 12.5. The monoisotopic (exact) mass is 397 g/mol. The Morgan fingerprint density at radius 1 is 1.19 bits per heavy atom. The van der Waals surface area contributed by atoms with Crippen molar-refractivity contribution in [3.8, 4) is 5.75 Å². The fourth-order valence-corrected chi connectivity index (χ4v) is 3.87. The van der Waals surface area contributed by atoms with Gasteiger partial charge in [-0.1, -0.05) is 29.8 Å². The predicted octanol–water partition coefficient (Wildman–Crippen LogP) is 3.39. The van der Waals surface area contributed by atoms with Gasteiger partial charge in [0.2, 0.25) is 10.0 Å². The summed E-state index contributed by atoms with van der Waals surface area (Å²) in [6.45, 7) is 3.38. The number of halogens is 1. The van der Waals surface area contributed by atoms with Gasteiger partial charge in [0.25, 0.3) is 0 Å². The maximum Gasteiger partial charge on any atom is 0.338 e. The van der Waals surface area contributed by atoms with Crippen LogP contribution in [0.5, 0.6) is 5.75 Å². The molecule has 2 rings (SSSR count). The van der Waals surface area contributed by atoms with Crippen molar-refractivity contribution in [1.82, 2.24) is 4.72 Å². The van der Waals surface area contributed by atoms with E-state index in [-0.39, 0.29) is 28.9 Å². The molecule has 2 aromatic rings. The quantitative estimate of drug-likeness (QED) is 0.724. The first kappa shape index (κ1) is 20.2. The second kappa shape index (κ2) is 8.53. The van der Waals surface area contributed by atoms with Crippen LogP contribution in [0.3, 0.4) is 0 Å². The summed E-state index contributed by atoms with van der Waals surface area (Å²) in [6, 6.07) is 10.8. The van der Waals surface area contributed by atoms with E-state index >= 15 is 0 Å². The summed E-state index contributed by atoms with van der Waals surface area (Å²) in [5.74, 6) is -0.519. The molecule has 0 saturated heterocycles. The highest BCUT2D eigenvalue weighted by Crippen LogP contribution is 2.26. The third-order valence-electron chi connectivity index (χ3n) is 3.40. The molecule has 0 aliphatic carbocycles. The van der Waals surface area contributed by atoms with Gasteiger partial charge in [-0.2, -0.15) is 0 Å². The molecular formula is C18H20ClNO5S.